The molecule has 0 bridgehead atoms. The molecule has 0 aliphatic carbocycles. The van der Waals surface area contributed by atoms with Gasteiger partial charge in [-0.1, -0.05) is 0 Å². The highest BCUT2D eigenvalue weighted by Gasteiger charge is 2.04. The van der Waals surface area contributed by atoms with Gasteiger partial charge in [0.05, 0.1) is 4.92 Å². The van der Waals surface area contributed by atoms with Crippen LogP contribution < -0.4 is 15.4 Å². The van der Waals surface area contributed by atoms with E-state index in [0.717, 1.165) is 0 Å². The van der Waals surface area contributed by atoms with Gasteiger partial charge in [-0.25, -0.2) is 0 Å². The normalized spacial score (nSPS) is 10.4. The molecule has 116 valence electrons. The lowest BCUT2D eigenvalue weighted by Crippen LogP contribution is -2.33. The number of non-ortho nitro benzene ring substituents is 1. The molecule has 7 nitrogen and oxygen atoms in total. The van der Waals surface area contributed by atoms with Crippen molar-refractivity contribution in [1.29, 1.82) is 0 Å². The van der Waals surface area contributed by atoms with Crippen LogP contribution in [0.3, 0.4) is 0 Å². The summed E-state index contributed by atoms with van der Waals surface area (Å²) in [6.07, 6.45) is 0.426. The number of nitrogens with zero attached hydrogens (tertiary/aromatic N) is 1. The first-order valence-electron chi connectivity index (χ1n) is 6.86. The SMILES string of the molecule is CC(C)NC(=O)CCNCCOc1ccc([N+](=O)[O-])cc1. The zero-order valence-corrected chi connectivity index (χ0v) is 12.3. The molecule has 21 heavy (non-hydrogen) atoms. The zero-order valence-electron chi connectivity index (χ0n) is 12.3. The molecule has 1 amide bonds. The van der Waals surface area contributed by atoms with Crippen LogP contribution in [0.5, 0.6) is 5.75 Å². The fraction of sp³-hybridized carbons (Fsp3) is 0.500. The van der Waals surface area contributed by atoms with E-state index in [-0.39, 0.29) is 17.6 Å². The monoisotopic (exact) mass is 295 g/mol. The smallest absolute Gasteiger partial charge is 0.269 e. The van der Waals surface area contributed by atoms with E-state index >= 15 is 0 Å². The third-order valence-electron chi connectivity index (χ3n) is 2.57. The summed E-state index contributed by atoms with van der Waals surface area (Å²) >= 11 is 0. The Balaban J connectivity index is 2.11. The molecule has 0 unspecified atom stereocenters. The molecule has 7 heteroatoms. The van der Waals surface area contributed by atoms with E-state index in [1.165, 1.54) is 12.1 Å². The molecule has 0 saturated carbocycles. The van der Waals surface area contributed by atoms with Crippen molar-refractivity contribution in [3.05, 3.63) is 34.4 Å². The number of ether oxygens (including phenoxy) is 1. The Morgan fingerprint density at radius 3 is 2.52 bits per heavy atom. The van der Waals surface area contributed by atoms with E-state index in [4.69, 9.17) is 4.74 Å². The quantitative estimate of drug-likeness (QED) is 0.409. The van der Waals surface area contributed by atoms with Gasteiger partial charge in [0.25, 0.3) is 5.69 Å². The summed E-state index contributed by atoms with van der Waals surface area (Å²) < 4.78 is 5.43. The Morgan fingerprint density at radius 2 is 1.95 bits per heavy atom. The van der Waals surface area contributed by atoms with Gasteiger partial charge in [0.1, 0.15) is 12.4 Å². The molecule has 0 heterocycles. The van der Waals surface area contributed by atoms with Crippen molar-refractivity contribution in [3.63, 3.8) is 0 Å². The van der Waals surface area contributed by atoms with Crippen LogP contribution in [0.4, 0.5) is 5.69 Å². The number of hydrogen-bond acceptors (Lipinski definition) is 5. The summed E-state index contributed by atoms with van der Waals surface area (Å²) in [5, 5.41) is 16.4. The maximum atomic E-state index is 11.4. The summed E-state index contributed by atoms with van der Waals surface area (Å²) in [6.45, 7) is 5.46. The molecular weight excluding hydrogens is 274 g/mol. The molecule has 0 aliphatic heterocycles. The lowest BCUT2D eigenvalue weighted by molar-refractivity contribution is -0.384. The second-order valence-electron chi connectivity index (χ2n) is 4.82. The largest absolute Gasteiger partial charge is 0.492 e. The van der Waals surface area contributed by atoms with Crippen molar-refractivity contribution in [2.75, 3.05) is 19.7 Å². The Morgan fingerprint density at radius 1 is 1.29 bits per heavy atom. The Bertz CT molecular complexity index is 460. The number of benzene rings is 1. The average molecular weight is 295 g/mol. The number of rotatable bonds is 9. The lowest BCUT2D eigenvalue weighted by Gasteiger charge is -2.09. The fourth-order valence-electron chi connectivity index (χ4n) is 1.63. The highest BCUT2D eigenvalue weighted by atomic mass is 16.6. The van der Waals surface area contributed by atoms with Gasteiger partial charge in [0.15, 0.2) is 0 Å². The van der Waals surface area contributed by atoms with Gasteiger partial charge in [0.2, 0.25) is 5.91 Å². The molecule has 1 aromatic rings. The second kappa shape index (κ2) is 8.91. The van der Waals surface area contributed by atoms with Gasteiger partial charge in [-0.05, 0) is 26.0 Å². The standard InChI is InChI=1S/C14H21N3O4/c1-11(2)16-14(18)7-8-15-9-10-21-13-5-3-12(4-6-13)17(19)20/h3-6,11,15H,7-10H2,1-2H3,(H,16,18). The van der Waals surface area contributed by atoms with Gasteiger partial charge < -0.3 is 15.4 Å². The summed E-state index contributed by atoms with van der Waals surface area (Å²) in [5.74, 6) is 0.605. The number of hydrogen-bond donors (Lipinski definition) is 2. The first-order valence-corrected chi connectivity index (χ1v) is 6.86. The minimum absolute atomic E-state index is 0.0220. The Labute approximate surface area is 123 Å². The minimum atomic E-state index is -0.451. The molecule has 0 atom stereocenters. The van der Waals surface area contributed by atoms with Gasteiger partial charge in [-0.2, -0.15) is 0 Å². The van der Waals surface area contributed by atoms with E-state index in [9.17, 15) is 14.9 Å². The van der Waals surface area contributed by atoms with Crippen LogP contribution in [0.15, 0.2) is 24.3 Å². The lowest BCUT2D eigenvalue weighted by atomic mass is 10.3. The zero-order chi connectivity index (χ0) is 15.7. The molecule has 2 N–H and O–H groups in total. The van der Waals surface area contributed by atoms with Crippen LogP contribution in [-0.2, 0) is 4.79 Å². The summed E-state index contributed by atoms with van der Waals surface area (Å²) in [6, 6.07) is 6.09. The predicted octanol–water partition coefficient (Wildman–Crippen LogP) is 1.48. The minimum Gasteiger partial charge on any atom is -0.492 e. The van der Waals surface area contributed by atoms with E-state index in [1.807, 2.05) is 13.8 Å². The number of nitrogens with one attached hydrogen (secondary N) is 2. The predicted molar refractivity (Wildman–Crippen MR) is 79.4 cm³/mol. The van der Waals surface area contributed by atoms with Gasteiger partial charge >= 0.3 is 0 Å². The molecule has 0 aromatic heterocycles. The third kappa shape index (κ3) is 7.26. The van der Waals surface area contributed by atoms with Gasteiger partial charge in [-0.15, -0.1) is 0 Å². The Hall–Kier alpha value is -2.15. The van der Waals surface area contributed by atoms with Crippen LogP contribution in [0.25, 0.3) is 0 Å². The number of nitro groups is 1. The first-order chi connectivity index (χ1) is 9.99. The maximum absolute atomic E-state index is 11.4. The number of carbonyl (C=O) groups excluding carboxylic acids is 1. The van der Waals surface area contributed by atoms with Gasteiger partial charge in [0, 0.05) is 37.7 Å². The van der Waals surface area contributed by atoms with Crippen molar-refractivity contribution in [2.24, 2.45) is 0 Å². The molecule has 1 rings (SSSR count). The molecule has 0 radical (unpaired) electrons. The van der Waals surface area contributed by atoms with Crippen LogP contribution in [0.2, 0.25) is 0 Å². The van der Waals surface area contributed by atoms with E-state index in [0.29, 0.717) is 31.9 Å². The molecule has 0 spiro atoms. The van der Waals surface area contributed by atoms with Crippen LogP contribution in [-0.4, -0.2) is 36.6 Å². The summed E-state index contributed by atoms with van der Waals surface area (Å²) in [4.78, 5) is 21.4. The number of amides is 1. The summed E-state index contributed by atoms with van der Waals surface area (Å²) in [5.41, 5.74) is 0.0386. The maximum Gasteiger partial charge on any atom is 0.269 e. The molecule has 0 fully saturated rings. The van der Waals surface area contributed by atoms with Crippen molar-refractivity contribution >= 4 is 11.6 Å². The Kier molecular flexibility index (Phi) is 7.17. The summed E-state index contributed by atoms with van der Waals surface area (Å²) in [7, 11) is 0. The molecule has 0 saturated heterocycles. The highest BCUT2D eigenvalue weighted by molar-refractivity contribution is 5.76. The average Bonchev–Trinajstić information content (AvgIpc) is 2.42. The van der Waals surface area contributed by atoms with Crippen LogP contribution in [0, 0.1) is 10.1 Å². The van der Waals surface area contributed by atoms with Crippen molar-refractivity contribution in [2.45, 2.75) is 26.3 Å². The van der Waals surface area contributed by atoms with E-state index in [1.54, 1.807) is 12.1 Å². The van der Waals surface area contributed by atoms with Crippen molar-refractivity contribution in [1.82, 2.24) is 10.6 Å². The van der Waals surface area contributed by atoms with Crippen LogP contribution in [0.1, 0.15) is 20.3 Å². The van der Waals surface area contributed by atoms with Gasteiger partial charge in [-0.3, -0.25) is 14.9 Å². The van der Waals surface area contributed by atoms with Crippen LogP contribution >= 0.6 is 0 Å². The van der Waals surface area contributed by atoms with E-state index < -0.39 is 4.92 Å². The topological polar surface area (TPSA) is 93.5 Å². The number of carbonyl (C=O) groups is 1. The van der Waals surface area contributed by atoms with Crippen molar-refractivity contribution in [3.8, 4) is 5.75 Å². The van der Waals surface area contributed by atoms with E-state index in [2.05, 4.69) is 10.6 Å². The first kappa shape index (κ1) is 16.9. The molecular formula is C14H21N3O4. The number of nitro benzene ring substituents is 1. The third-order valence-corrected chi connectivity index (χ3v) is 2.57. The molecule has 1 aromatic carbocycles. The molecule has 0 aliphatic rings. The highest BCUT2D eigenvalue weighted by Crippen LogP contribution is 2.16. The fourth-order valence-corrected chi connectivity index (χ4v) is 1.63. The van der Waals surface area contributed by atoms with Crippen molar-refractivity contribution < 1.29 is 14.5 Å². The second-order valence-corrected chi connectivity index (χ2v) is 4.82.